The van der Waals surface area contributed by atoms with E-state index in [1.807, 2.05) is 18.2 Å². The van der Waals surface area contributed by atoms with E-state index in [0.717, 1.165) is 18.4 Å². The monoisotopic (exact) mass is 435 g/mol. The number of hydrogen-bond acceptors (Lipinski definition) is 6. The smallest absolute Gasteiger partial charge is 0.269 e. The predicted molar refractivity (Wildman–Crippen MR) is 114 cm³/mol. The lowest BCUT2D eigenvalue weighted by Crippen LogP contribution is -2.37. The summed E-state index contributed by atoms with van der Waals surface area (Å²) in [6, 6.07) is 14.5. The van der Waals surface area contributed by atoms with E-state index in [1.54, 1.807) is 35.2 Å². The van der Waals surface area contributed by atoms with Crippen LogP contribution in [0.4, 0.5) is 0 Å². The second-order valence-electron chi connectivity index (χ2n) is 7.43. The minimum atomic E-state index is -0.314. The highest BCUT2D eigenvalue weighted by atomic mass is 35.5. The standard InChI is InChI=1S/C22H18ClN5O3/c23-15-7-5-14(6-8-15)22-26-25-19(31-22)12-27(16-9-10-16)21(30)13-28-18-4-2-1-3-17(18)24-11-20(28)29/h1-8,11,16H,9-10,12-13H2. The van der Waals surface area contributed by atoms with Crippen molar-refractivity contribution in [1.29, 1.82) is 0 Å². The van der Waals surface area contributed by atoms with E-state index in [2.05, 4.69) is 15.2 Å². The molecule has 4 aromatic rings. The van der Waals surface area contributed by atoms with Gasteiger partial charge in [-0.3, -0.25) is 14.2 Å². The number of halogens is 1. The van der Waals surface area contributed by atoms with Crippen LogP contribution >= 0.6 is 11.6 Å². The molecule has 2 aromatic heterocycles. The second-order valence-corrected chi connectivity index (χ2v) is 7.87. The quantitative estimate of drug-likeness (QED) is 0.461. The van der Waals surface area contributed by atoms with Gasteiger partial charge in [0.05, 0.1) is 23.8 Å². The third-order valence-corrected chi connectivity index (χ3v) is 5.47. The van der Waals surface area contributed by atoms with Gasteiger partial charge in [0, 0.05) is 16.6 Å². The number of benzene rings is 2. The summed E-state index contributed by atoms with van der Waals surface area (Å²) in [7, 11) is 0. The van der Waals surface area contributed by atoms with Gasteiger partial charge in [-0.05, 0) is 49.2 Å². The lowest BCUT2D eigenvalue weighted by Gasteiger charge is -2.21. The Morgan fingerprint density at radius 3 is 2.68 bits per heavy atom. The normalized spacial score (nSPS) is 13.5. The molecule has 31 heavy (non-hydrogen) atoms. The van der Waals surface area contributed by atoms with Crippen LogP contribution in [0.1, 0.15) is 18.7 Å². The van der Waals surface area contributed by atoms with Gasteiger partial charge in [0.1, 0.15) is 6.54 Å². The van der Waals surface area contributed by atoms with Crippen LogP contribution in [0.25, 0.3) is 22.5 Å². The maximum absolute atomic E-state index is 13.1. The Hall–Kier alpha value is -3.52. The van der Waals surface area contributed by atoms with Crippen LogP contribution in [0.15, 0.2) is 63.9 Å². The van der Waals surface area contributed by atoms with Crippen molar-refractivity contribution >= 4 is 28.5 Å². The van der Waals surface area contributed by atoms with Gasteiger partial charge in [0.2, 0.25) is 17.7 Å². The predicted octanol–water partition coefficient (Wildman–Crippen LogP) is 3.29. The molecule has 0 unspecified atom stereocenters. The van der Waals surface area contributed by atoms with E-state index in [0.29, 0.717) is 27.8 Å². The number of rotatable bonds is 6. The van der Waals surface area contributed by atoms with Gasteiger partial charge < -0.3 is 9.32 Å². The van der Waals surface area contributed by atoms with Gasteiger partial charge in [-0.1, -0.05) is 23.7 Å². The molecule has 0 saturated heterocycles. The molecule has 9 heteroatoms. The summed E-state index contributed by atoms with van der Waals surface area (Å²) in [6.07, 6.45) is 3.07. The molecular weight excluding hydrogens is 418 g/mol. The fraction of sp³-hybridized carbons (Fsp3) is 0.227. The van der Waals surface area contributed by atoms with Crippen molar-refractivity contribution in [2.75, 3.05) is 0 Å². The summed E-state index contributed by atoms with van der Waals surface area (Å²) >= 11 is 5.92. The van der Waals surface area contributed by atoms with Crippen LogP contribution in [0.2, 0.25) is 5.02 Å². The number of amides is 1. The summed E-state index contributed by atoms with van der Waals surface area (Å²) in [5, 5.41) is 8.80. The molecule has 0 aliphatic heterocycles. The van der Waals surface area contributed by atoms with Gasteiger partial charge in [-0.2, -0.15) is 0 Å². The molecule has 0 radical (unpaired) electrons. The van der Waals surface area contributed by atoms with Crippen molar-refractivity contribution < 1.29 is 9.21 Å². The number of carbonyl (C=O) groups excluding carboxylic acids is 1. The fourth-order valence-corrected chi connectivity index (χ4v) is 3.61. The van der Waals surface area contributed by atoms with E-state index >= 15 is 0 Å². The van der Waals surface area contributed by atoms with Gasteiger partial charge >= 0.3 is 0 Å². The van der Waals surface area contributed by atoms with Crippen LogP contribution in [-0.2, 0) is 17.9 Å². The van der Waals surface area contributed by atoms with Gasteiger partial charge in [-0.15, -0.1) is 10.2 Å². The lowest BCUT2D eigenvalue weighted by atomic mass is 10.2. The molecule has 0 bridgehead atoms. The first-order valence-electron chi connectivity index (χ1n) is 9.91. The minimum Gasteiger partial charge on any atom is -0.419 e. The highest BCUT2D eigenvalue weighted by Crippen LogP contribution is 2.29. The Morgan fingerprint density at radius 1 is 1.13 bits per heavy atom. The molecule has 5 rings (SSSR count). The number of aromatic nitrogens is 4. The second kappa shape index (κ2) is 7.96. The zero-order valence-corrected chi connectivity index (χ0v) is 17.2. The molecule has 1 aliphatic carbocycles. The molecule has 1 amide bonds. The number of carbonyl (C=O) groups is 1. The Bertz CT molecular complexity index is 1310. The van der Waals surface area contributed by atoms with Crippen molar-refractivity contribution in [2.24, 2.45) is 0 Å². The largest absolute Gasteiger partial charge is 0.419 e. The third-order valence-electron chi connectivity index (χ3n) is 5.22. The first kappa shape index (κ1) is 19.4. The maximum atomic E-state index is 13.1. The van der Waals surface area contributed by atoms with Crippen molar-refractivity contribution in [3.05, 3.63) is 76.0 Å². The highest BCUT2D eigenvalue weighted by Gasteiger charge is 2.34. The van der Waals surface area contributed by atoms with Gasteiger partial charge in [0.15, 0.2) is 0 Å². The van der Waals surface area contributed by atoms with E-state index in [4.69, 9.17) is 16.0 Å². The zero-order chi connectivity index (χ0) is 21.4. The van der Waals surface area contributed by atoms with E-state index < -0.39 is 0 Å². The van der Waals surface area contributed by atoms with Crippen LogP contribution in [0, 0.1) is 0 Å². The number of fused-ring (bicyclic) bond motifs is 1. The summed E-state index contributed by atoms with van der Waals surface area (Å²) < 4.78 is 7.23. The van der Waals surface area contributed by atoms with Gasteiger partial charge in [-0.25, -0.2) is 4.98 Å². The Balaban J connectivity index is 1.38. The molecule has 8 nitrogen and oxygen atoms in total. The highest BCUT2D eigenvalue weighted by molar-refractivity contribution is 6.30. The molecule has 2 heterocycles. The molecule has 0 atom stereocenters. The molecule has 0 N–H and O–H groups in total. The molecule has 0 spiro atoms. The first-order valence-corrected chi connectivity index (χ1v) is 10.3. The lowest BCUT2D eigenvalue weighted by molar-refractivity contribution is -0.133. The van der Waals surface area contributed by atoms with Gasteiger partial charge in [0.25, 0.3) is 5.56 Å². The van der Waals surface area contributed by atoms with Crippen molar-refractivity contribution in [1.82, 2.24) is 24.6 Å². The summed E-state index contributed by atoms with van der Waals surface area (Å²) in [5.41, 5.74) is 1.73. The fourth-order valence-electron chi connectivity index (χ4n) is 3.48. The molecule has 1 aliphatic rings. The molecule has 156 valence electrons. The summed E-state index contributed by atoms with van der Waals surface area (Å²) in [5.74, 6) is 0.538. The third kappa shape index (κ3) is 4.06. The summed E-state index contributed by atoms with van der Waals surface area (Å²) in [4.78, 5) is 31.4. The maximum Gasteiger partial charge on any atom is 0.269 e. The average Bonchev–Trinajstić information content (AvgIpc) is 3.52. The van der Waals surface area contributed by atoms with Crippen LogP contribution in [0.5, 0.6) is 0 Å². The van der Waals surface area contributed by atoms with Crippen LogP contribution in [0.3, 0.4) is 0 Å². The Kier molecular flexibility index (Phi) is 4.99. The SMILES string of the molecule is O=C(Cn1c(=O)cnc2ccccc21)N(Cc1nnc(-c2ccc(Cl)cc2)o1)C1CC1. The molecule has 1 saturated carbocycles. The molecule has 1 fully saturated rings. The van der Waals surface area contributed by atoms with Crippen LogP contribution in [-0.4, -0.2) is 36.6 Å². The average molecular weight is 436 g/mol. The molecular formula is C22H18ClN5O3. The van der Waals surface area contributed by atoms with E-state index in [1.165, 1.54) is 10.8 Å². The number of para-hydroxylation sites is 2. The van der Waals surface area contributed by atoms with Crippen molar-refractivity contribution in [3.8, 4) is 11.5 Å². The zero-order valence-electron chi connectivity index (χ0n) is 16.4. The van der Waals surface area contributed by atoms with Crippen molar-refractivity contribution in [3.63, 3.8) is 0 Å². The number of nitrogens with zero attached hydrogens (tertiary/aromatic N) is 5. The Morgan fingerprint density at radius 2 is 1.90 bits per heavy atom. The number of hydrogen-bond donors (Lipinski definition) is 0. The Labute approximate surface area is 182 Å². The van der Waals surface area contributed by atoms with Crippen molar-refractivity contribution in [2.45, 2.75) is 32.0 Å². The molecule has 2 aromatic carbocycles. The minimum absolute atomic E-state index is 0.0729. The van der Waals surface area contributed by atoms with Crippen LogP contribution < -0.4 is 5.56 Å². The van der Waals surface area contributed by atoms with E-state index in [-0.39, 0.29) is 30.6 Å². The first-order chi connectivity index (χ1) is 15.1. The van der Waals surface area contributed by atoms with E-state index in [9.17, 15) is 9.59 Å². The topological polar surface area (TPSA) is 94.1 Å². The summed E-state index contributed by atoms with van der Waals surface area (Å²) in [6.45, 7) is 0.123.